The average molecular weight is 408 g/mol. The first-order valence-corrected chi connectivity index (χ1v) is 8.33. The lowest BCUT2D eigenvalue weighted by Crippen LogP contribution is -2.34. The molecule has 22 heavy (non-hydrogen) atoms. The van der Waals surface area contributed by atoms with E-state index >= 15 is 0 Å². The summed E-state index contributed by atoms with van der Waals surface area (Å²) in [5.41, 5.74) is 0.332. The second kappa shape index (κ2) is 6.69. The van der Waals surface area contributed by atoms with Gasteiger partial charge in [-0.25, -0.2) is 4.79 Å². The Balaban J connectivity index is 2.09. The first-order chi connectivity index (χ1) is 10.2. The molecule has 1 heterocycles. The fraction of sp³-hybridized carbons (Fsp3) is 0.400. The summed E-state index contributed by atoms with van der Waals surface area (Å²) < 4.78 is 8.03. The van der Waals surface area contributed by atoms with Crippen molar-refractivity contribution in [1.29, 1.82) is 0 Å². The molecule has 0 saturated carbocycles. The highest BCUT2D eigenvalue weighted by Gasteiger charge is 2.16. The quantitative estimate of drug-likeness (QED) is 0.707. The van der Waals surface area contributed by atoms with E-state index in [0.717, 1.165) is 15.4 Å². The maximum atomic E-state index is 11.6. The molecule has 0 unspecified atom stereocenters. The van der Waals surface area contributed by atoms with Crippen LogP contribution in [0.3, 0.4) is 0 Å². The van der Waals surface area contributed by atoms with Crippen molar-refractivity contribution in [2.24, 2.45) is 0 Å². The molecule has 0 spiro atoms. The highest BCUT2D eigenvalue weighted by Crippen LogP contribution is 2.36. The zero-order valence-corrected chi connectivity index (χ0v) is 15.6. The molecule has 0 aliphatic heterocycles. The van der Waals surface area contributed by atoms with Crippen LogP contribution in [0.1, 0.15) is 20.8 Å². The number of hydrogen-bond acceptors (Lipinski definition) is 2. The predicted molar refractivity (Wildman–Crippen MR) is 93.9 cm³/mol. The minimum atomic E-state index is -0.508. The van der Waals surface area contributed by atoms with Crippen LogP contribution in [0.15, 0.2) is 22.8 Å². The molecule has 1 N–H and O–H groups in total. The van der Waals surface area contributed by atoms with E-state index in [4.69, 9.17) is 27.9 Å². The Kier molecular flexibility index (Phi) is 5.30. The van der Waals surface area contributed by atoms with Gasteiger partial charge in [-0.2, -0.15) is 0 Å². The molecule has 0 aliphatic carbocycles. The van der Waals surface area contributed by atoms with Gasteiger partial charge in [-0.15, -0.1) is 0 Å². The van der Waals surface area contributed by atoms with Crippen molar-refractivity contribution >= 4 is 56.1 Å². The lowest BCUT2D eigenvalue weighted by atomic mass is 10.2. The molecular formula is C15H17BrCl2N2O2. The number of benzene rings is 1. The van der Waals surface area contributed by atoms with Gasteiger partial charge < -0.3 is 14.6 Å². The zero-order chi connectivity index (χ0) is 16.5. The smallest absolute Gasteiger partial charge is 0.407 e. The highest BCUT2D eigenvalue weighted by atomic mass is 79.9. The molecule has 0 saturated heterocycles. The van der Waals surface area contributed by atoms with Crippen molar-refractivity contribution in [3.05, 3.63) is 32.8 Å². The first-order valence-electron chi connectivity index (χ1n) is 6.78. The lowest BCUT2D eigenvalue weighted by molar-refractivity contribution is 0.0526. The number of nitrogens with zero attached hydrogens (tertiary/aromatic N) is 1. The third kappa shape index (κ3) is 4.09. The van der Waals surface area contributed by atoms with Gasteiger partial charge in [0.2, 0.25) is 0 Å². The number of amides is 1. The summed E-state index contributed by atoms with van der Waals surface area (Å²) in [4.78, 5) is 11.6. The van der Waals surface area contributed by atoms with Crippen molar-refractivity contribution in [2.45, 2.75) is 32.9 Å². The fourth-order valence-electron chi connectivity index (χ4n) is 2.05. The molecule has 2 rings (SSSR count). The van der Waals surface area contributed by atoms with Crippen LogP contribution in [0.2, 0.25) is 10.0 Å². The fourth-order valence-corrected chi connectivity index (χ4v) is 3.20. The molecule has 1 aromatic carbocycles. The number of aromatic nitrogens is 1. The van der Waals surface area contributed by atoms with E-state index < -0.39 is 11.7 Å². The second-order valence-corrected chi connectivity index (χ2v) is 7.49. The summed E-state index contributed by atoms with van der Waals surface area (Å²) in [6.07, 6.45) is 1.48. The first kappa shape index (κ1) is 17.4. The number of halogens is 3. The maximum Gasteiger partial charge on any atom is 0.407 e. The number of carbonyl (C=O) groups is 1. The molecule has 120 valence electrons. The number of hydrogen-bond donors (Lipinski definition) is 1. The number of rotatable bonds is 3. The van der Waals surface area contributed by atoms with Gasteiger partial charge in [0.15, 0.2) is 0 Å². The van der Waals surface area contributed by atoms with Crippen molar-refractivity contribution in [3.63, 3.8) is 0 Å². The molecule has 2 aromatic rings. The predicted octanol–water partition coefficient (Wildman–Crippen LogP) is 5.24. The molecule has 7 heteroatoms. The van der Waals surface area contributed by atoms with Crippen LogP contribution < -0.4 is 5.32 Å². The summed E-state index contributed by atoms with van der Waals surface area (Å²) in [6.45, 7) is 6.47. The minimum Gasteiger partial charge on any atom is -0.444 e. The second-order valence-electron chi connectivity index (χ2n) is 5.85. The van der Waals surface area contributed by atoms with Gasteiger partial charge >= 0.3 is 6.09 Å². The Morgan fingerprint density at radius 1 is 1.41 bits per heavy atom. The van der Waals surface area contributed by atoms with Gasteiger partial charge in [-0.3, -0.25) is 0 Å². The lowest BCUT2D eigenvalue weighted by Gasteiger charge is -2.19. The van der Waals surface area contributed by atoms with Crippen molar-refractivity contribution < 1.29 is 9.53 Å². The summed E-state index contributed by atoms with van der Waals surface area (Å²) in [5.74, 6) is 0. The van der Waals surface area contributed by atoms with Crippen LogP contribution in [-0.4, -0.2) is 22.8 Å². The van der Waals surface area contributed by atoms with Crippen LogP contribution in [0.5, 0.6) is 0 Å². The molecule has 0 aliphatic rings. The van der Waals surface area contributed by atoms with Gasteiger partial charge in [-0.1, -0.05) is 39.1 Å². The van der Waals surface area contributed by atoms with Crippen molar-refractivity contribution in [1.82, 2.24) is 9.88 Å². The number of alkyl carbamates (subject to hydrolysis) is 1. The van der Waals surface area contributed by atoms with Gasteiger partial charge in [-0.05, 0) is 32.9 Å². The standard InChI is InChI=1S/C15H17BrCl2N2O2/c1-15(2,3)22-14(21)19-5-7-20-6-4-9-10(16)8-11(17)12(18)13(9)20/h4,6,8H,5,7H2,1-3H3,(H,19,21). The minimum absolute atomic E-state index is 0.430. The van der Waals surface area contributed by atoms with E-state index in [-0.39, 0.29) is 0 Å². The Hall–Kier alpha value is -0.910. The van der Waals surface area contributed by atoms with Crippen LogP contribution in [0.25, 0.3) is 10.9 Å². The largest absolute Gasteiger partial charge is 0.444 e. The molecular weight excluding hydrogens is 391 g/mol. The van der Waals surface area contributed by atoms with E-state index in [1.165, 1.54) is 0 Å². The zero-order valence-electron chi connectivity index (χ0n) is 12.5. The third-order valence-electron chi connectivity index (χ3n) is 2.91. The Morgan fingerprint density at radius 2 is 2.09 bits per heavy atom. The van der Waals surface area contributed by atoms with E-state index in [0.29, 0.717) is 23.1 Å². The molecule has 0 fully saturated rings. The molecule has 0 atom stereocenters. The van der Waals surface area contributed by atoms with Crippen LogP contribution in [0, 0.1) is 0 Å². The topological polar surface area (TPSA) is 43.3 Å². The number of ether oxygens (including phenoxy) is 1. The Labute approximate surface area is 147 Å². The molecule has 0 bridgehead atoms. The molecule has 0 radical (unpaired) electrons. The van der Waals surface area contributed by atoms with Crippen LogP contribution in [0.4, 0.5) is 4.79 Å². The van der Waals surface area contributed by atoms with Crippen molar-refractivity contribution in [2.75, 3.05) is 6.54 Å². The summed E-state index contributed by atoms with van der Waals surface area (Å²) in [5, 5.41) is 4.69. The van der Waals surface area contributed by atoms with E-state index in [9.17, 15) is 4.79 Å². The summed E-state index contributed by atoms with van der Waals surface area (Å²) in [7, 11) is 0. The number of nitrogens with one attached hydrogen (secondary N) is 1. The van der Waals surface area contributed by atoms with E-state index in [1.807, 2.05) is 37.6 Å². The molecule has 1 aromatic heterocycles. The third-order valence-corrected chi connectivity index (χ3v) is 4.35. The van der Waals surface area contributed by atoms with E-state index in [2.05, 4.69) is 21.2 Å². The Morgan fingerprint density at radius 3 is 2.73 bits per heavy atom. The molecule has 1 amide bonds. The normalized spacial score (nSPS) is 11.7. The van der Waals surface area contributed by atoms with Gasteiger partial charge in [0.25, 0.3) is 0 Å². The maximum absolute atomic E-state index is 11.6. The molecule has 4 nitrogen and oxygen atoms in total. The Bertz CT molecular complexity index is 708. The van der Waals surface area contributed by atoms with Crippen LogP contribution >= 0.6 is 39.1 Å². The monoisotopic (exact) mass is 406 g/mol. The summed E-state index contributed by atoms with van der Waals surface area (Å²) in [6, 6.07) is 3.73. The SMILES string of the molecule is CC(C)(C)OC(=O)NCCn1ccc2c(Br)cc(Cl)c(Cl)c21. The summed E-state index contributed by atoms with van der Waals surface area (Å²) >= 11 is 15.9. The van der Waals surface area contributed by atoms with Crippen LogP contribution in [-0.2, 0) is 11.3 Å². The highest BCUT2D eigenvalue weighted by molar-refractivity contribution is 9.10. The average Bonchev–Trinajstić information content (AvgIpc) is 2.78. The van der Waals surface area contributed by atoms with Gasteiger partial charge in [0.05, 0.1) is 15.6 Å². The number of carbonyl (C=O) groups excluding carboxylic acids is 1. The van der Waals surface area contributed by atoms with Gasteiger partial charge in [0, 0.05) is 29.1 Å². The van der Waals surface area contributed by atoms with Crippen molar-refractivity contribution in [3.8, 4) is 0 Å². The van der Waals surface area contributed by atoms with E-state index in [1.54, 1.807) is 6.07 Å². The number of fused-ring (bicyclic) bond motifs is 1. The van der Waals surface area contributed by atoms with Gasteiger partial charge in [0.1, 0.15) is 5.60 Å².